The lowest BCUT2D eigenvalue weighted by atomic mass is 10.1. The summed E-state index contributed by atoms with van der Waals surface area (Å²) in [4.78, 5) is 11.0. The van der Waals surface area contributed by atoms with Gasteiger partial charge < -0.3 is 10.3 Å². The number of aromatic nitrogens is 1. The molecule has 2 aromatic rings. The summed E-state index contributed by atoms with van der Waals surface area (Å²) in [5, 5.41) is 1.24. The molecule has 3 heteroatoms. The van der Waals surface area contributed by atoms with Crippen molar-refractivity contribution in [3.05, 3.63) is 36.0 Å². The van der Waals surface area contributed by atoms with Gasteiger partial charge in [0.1, 0.15) is 0 Å². The molecule has 100 valence electrons. The normalized spacial score (nSPS) is 16.2. The lowest BCUT2D eigenvalue weighted by Gasteiger charge is -2.12. The lowest BCUT2D eigenvalue weighted by molar-refractivity contribution is -0.117. The van der Waals surface area contributed by atoms with Gasteiger partial charge >= 0.3 is 0 Å². The zero-order valence-corrected chi connectivity index (χ0v) is 11.1. The van der Waals surface area contributed by atoms with Crippen molar-refractivity contribution in [3.63, 3.8) is 0 Å². The molecule has 1 amide bonds. The molecule has 0 radical (unpaired) electrons. The van der Waals surface area contributed by atoms with Crippen molar-refractivity contribution in [2.75, 3.05) is 0 Å². The molecule has 1 fully saturated rings. The van der Waals surface area contributed by atoms with E-state index in [4.69, 9.17) is 5.73 Å². The summed E-state index contributed by atoms with van der Waals surface area (Å²) in [6, 6.07) is 8.33. The molecule has 0 aliphatic heterocycles. The largest absolute Gasteiger partial charge is 0.369 e. The van der Waals surface area contributed by atoms with Crippen LogP contribution in [0.15, 0.2) is 30.5 Å². The molecule has 1 aromatic heterocycles. The second kappa shape index (κ2) is 5.08. The van der Waals surface area contributed by atoms with Gasteiger partial charge in [0.25, 0.3) is 0 Å². The molecule has 0 saturated heterocycles. The monoisotopic (exact) mass is 256 g/mol. The smallest absolute Gasteiger partial charge is 0.221 e. The Balaban J connectivity index is 1.88. The lowest BCUT2D eigenvalue weighted by Crippen LogP contribution is -2.13. The minimum Gasteiger partial charge on any atom is -0.369 e. The van der Waals surface area contributed by atoms with Gasteiger partial charge in [-0.05, 0) is 41.8 Å². The van der Waals surface area contributed by atoms with Gasteiger partial charge in [-0.1, -0.05) is 25.0 Å². The summed E-state index contributed by atoms with van der Waals surface area (Å²) in [5.74, 6) is 0.545. The predicted molar refractivity (Wildman–Crippen MR) is 76.8 cm³/mol. The number of amides is 1. The highest BCUT2D eigenvalue weighted by molar-refractivity contribution is 5.83. The van der Waals surface area contributed by atoms with Gasteiger partial charge in [0.15, 0.2) is 0 Å². The van der Waals surface area contributed by atoms with Gasteiger partial charge in [0.2, 0.25) is 5.91 Å². The van der Waals surface area contributed by atoms with Crippen LogP contribution in [-0.2, 0) is 17.8 Å². The number of carbonyl (C=O) groups excluding carboxylic acids is 1. The minimum atomic E-state index is -0.270. The number of nitrogens with zero attached hydrogens (tertiary/aromatic N) is 1. The maximum Gasteiger partial charge on any atom is 0.221 e. The van der Waals surface area contributed by atoms with Gasteiger partial charge in [-0.2, -0.15) is 0 Å². The summed E-state index contributed by atoms with van der Waals surface area (Å²) in [6.07, 6.45) is 7.93. The molecule has 2 N–H and O–H groups in total. The van der Waals surface area contributed by atoms with E-state index >= 15 is 0 Å². The fraction of sp³-hybridized carbons (Fsp3) is 0.438. The van der Waals surface area contributed by atoms with E-state index in [1.165, 1.54) is 36.6 Å². The highest BCUT2D eigenvalue weighted by Gasteiger charge is 2.16. The number of hydrogen-bond acceptors (Lipinski definition) is 1. The number of fused-ring (bicyclic) bond motifs is 1. The summed E-state index contributed by atoms with van der Waals surface area (Å²) in [5.41, 5.74) is 7.50. The first-order chi connectivity index (χ1) is 9.22. The Hall–Kier alpha value is -1.77. The van der Waals surface area contributed by atoms with E-state index in [0.717, 1.165) is 18.0 Å². The second-order valence-electron chi connectivity index (χ2n) is 5.65. The van der Waals surface area contributed by atoms with Crippen LogP contribution in [0.4, 0.5) is 0 Å². The van der Waals surface area contributed by atoms with Crippen molar-refractivity contribution >= 4 is 16.8 Å². The molecule has 1 heterocycles. The summed E-state index contributed by atoms with van der Waals surface area (Å²) >= 11 is 0. The van der Waals surface area contributed by atoms with Crippen molar-refractivity contribution < 1.29 is 4.79 Å². The molecule has 0 unspecified atom stereocenters. The summed E-state index contributed by atoms with van der Waals surface area (Å²) < 4.78 is 2.33. The number of nitrogens with two attached hydrogens (primary N) is 1. The molecule has 1 aliphatic rings. The van der Waals surface area contributed by atoms with Crippen LogP contribution < -0.4 is 5.73 Å². The molecular weight excluding hydrogens is 236 g/mol. The molecule has 1 saturated carbocycles. The molecule has 3 rings (SSSR count). The molecule has 19 heavy (non-hydrogen) atoms. The van der Waals surface area contributed by atoms with Crippen LogP contribution in [-0.4, -0.2) is 10.5 Å². The first kappa shape index (κ1) is 12.3. The Kier molecular flexibility index (Phi) is 3.28. The Bertz CT molecular complexity index is 594. The van der Waals surface area contributed by atoms with Crippen LogP contribution in [0.1, 0.15) is 31.2 Å². The van der Waals surface area contributed by atoms with Crippen LogP contribution in [0, 0.1) is 5.92 Å². The average molecular weight is 256 g/mol. The van der Waals surface area contributed by atoms with Crippen LogP contribution in [0.25, 0.3) is 10.9 Å². The maximum atomic E-state index is 11.0. The van der Waals surface area contributed by atoms with Crippen molar-refractivity contribution in [2.45, 2.75) is 38.6 Å². The van der Waals surface area contributed by atoms with Crippen LogP contribution in [0.5, 0.6) is 0 Å². The highest BCUT2D eigenvalue weighted by Crippen LogP contribution is 2.28. The van der Waals surface area contributed by atoms with E-state index in [1.807, 2.05) is 6.07 Å². The molecule has 1 aromatic carbocycles. The van der Waals surface area contributed by atoms with Crippen LogP contribution in [0.3, 0.4) is 0 Å². The topological polar surface area (TPSA) is 48.0 Å². The fourth-order valence-corrected chi connectivity index (χ4v) is 3.17. The SMILES string of the molecule is NC(=O)Cc1ccc2ccn(CC3CCCC3)c2c1. The van der Waals surface area contributed by atoms with Crippen molar-refractivity contribution in [2.24, 2.45) is 11.7 Å². The van der Waals surface area contributed by atoms with E-state index < -0.39 is 0 Å². The Morgan fingerprint density at radius 3 is 2.79 bits per heavy atom. The van der Waals surface area contributed by atoms with E-state index in [2.05, 4.69) is 29.0 Å². The van der Waals surface area contributed by atoms with Gasteiger partial charge in [0, 0.05) is 18.3 Å². The number of primary amides is 1. The second-order valence-corrected chi connectivity index (χ2v) is 5.65. The highest BCUT2D eigenvalue weighted by atomic mass is 16.1. The average Bonchev–Trinajstić information content (AvgIpc) is 3.00. The van der Waals surface area contributed by atoms with Gasteiger partial charge in [-0.3, -0.25) is 4.79 Å². The van der Waals surface area contributed by atoms with Gasteiger partial charge in [0.05, 0.1) is 6.42 Å². The number of carbonyl (C=O) groups is 1. The van der Waals surface area contributed by atoms with Gasteiger partial charge in [-0.15, -0.1) is 0 Å². The van der Waals surface area contributed by atoms with Crippen LogP contribution >= 0.6 is 0 Å². The standard InChI is InChI=1S/C16H20N2O/c17-16(19)10-13-5-6-14-7-8-18(15(14)9-13)11-12-3-1-2-4-12/h5-9,12H,1-4,10-11H2,(H2,17,19). The molecule has 1 aliphatic carbocycles. The molecule has 0 spiro atoms. The van der Waals surface area contributed by atoms with Crippen LogP contribution in [0.2, 0.25) is 0 Å². The first-order valence-corrected chi connectivity index (χ1v) is 7.08. The molecule has 0 atom stereocenters. The first-order valence-electron chi connectivity index (χ1n) is 7.08. The summed E-state index contributed by atoms with van der Waals surface area (Å²) in [6.45, 7) is 1.10. The maximum absolute atomic E-state index is 11.0. The Morgan fingerprint density at radius 1 is 1.26 bits per heavy atom. The zero-order chi connectivity index (χ0) is 13.2. The molecular formula is C16H20N2O. The van der Waals surface area contributed by atoms with E-state index in [9.17, 15) is 4.79 Å². The summed E-state index contributed by atoms with van der Waals surface area (Å²) in [7, 11) is 0. The van der Waals surface area contributed by atoms with Crippen molar-refractivity contribution in [1.82, 2.24) is 4.57 Å². The Morgan fingerprint density at radius 2 is 2.05 bits per heavy atom. The fourth-order valence-electron chi connectivity index (χ4n) is 3.17. The minimum absolute atomic E-state index is 0.270. The van der Waals surface area contributed by atoms with E-state index in [-0.39, 0.29) is 5.91 Å². The number of rotatable bonds is 4. The molecule has 3 nitrogen and oxygen atoms in total. The Labute approximate surface area is 113 Å². The molecule has 0 bridgehead atoms. The third-order valence-corrected chi connectivity index (χ3v) is 4.15. The quantitative estimate of drug-likeness (QED) is 0.898. The third kappa shape index (κ3) is 2.65. The third-order valence-electron chi connectivity index (χ3n) is 4.15. The van der Waals surface area contributed by atoms with E-state index in [0.29, 0.717) is 6.42 Å². The van der Waals surface area contributed by atoms with Gasteiger partial charge in [-0.25, -0.2) is 0 Å². The number of benzene rings is 1. The van der Waals surface area contributed by atoms with Crippen molar-refractivity contribution in [1.29, 1.82) is 0 Å². The van der Waals surface area contributed by atoms with Crippen molar-refractivity contribution in [3.8, 4) is 0 Å². The van der Waals surface area contributed by atoms with E-state index in [1.54, 1.807) is 0 Å². The zero-order valence-electron chi connectivity index (χ0n) is 11.1. The predicted octanol–water partition coefficient (Wildman–Crippen LogP) is 2.86. The number of hydrogen-bond donors (Lipinski definition) is 1.